The van der Waals surface area contributed by atoms with Crippen LogP contribution in [0.25, 0.3) is 0 Å². The van der Waals surface area contributed by atoms with E-state index >= 15 is 0 Å². The third-order valence-corrected chi connectivity index (χ3v) is 2.97. The Labute approximate surface area is 103 Å². The molecule has 1 rings (SSSR count). The first-order valence-electron chi connectivity index (χ1n) is 6.35. The molecule has 1 amide bonds. The van der Waals surface area contributed by atoms with E-state index in [0.29, 0.717) is 13.0 Å². The zero-order valence-electron chi connectivity index (χ0n) is 10.6. The second kappa shape index (κ2) is 8.04. The van der Waals surface area contributed by atoms with Crippen LogP contribution >= 0.6 is 0 Å². The Balaban J connectivity index is 2.17. The van der Waals surface area contributed by atoms with E-state index in [4.69, 9.17) is 5.26 Å². The number of carbonyl (C=O) groups excluding carboxylic acids is 1. The SMILES string of the molecule is CCCNCC(=O)N1CCN(CCC#N)CC1. The average Bonchev–Trinajstić information content (AvgIpc) is 2.37. The molecule has 96 valence electrons. The highest BCUT2D eigenvalue weighted by molar-refractivity contribution is 5.78. The third kappa shape index (κ3) is 5.16. The first kappa shape index (κ1) is 13.9. The van der Waals surface area contributed by atoms with Gasteiger partial charge in [0.25, 0.3) is 0 Å². The van der Waals surface area contributed by atoms with Crippen LogP contribution in [-0.4, -0.2) is 61.5 Å². The number of hydrogen-bond acceptors (Lipinski definition) is 4. The van der Waals surface area contributed by atoms with Crippen molar-refractivity contribution in [1.29, 1.82) is 5.26 Å². The molecule has 0 aliphatic carbocycles. The number of nitriles is 1. The van der Waals surface area contributed by atoms with Gasteiger partial charge in [-0.3, -0.25) is 9.69 Å². The fourth-order valence-electron chi connectivity index (χ4n) is 1.91. The Morgan fingerprint density at radius 3 is 2.65 bits per heavy atom. The standard InChI is InChI=1S/C12H22N4O/c1-2-5-14-11-12(17)16-9-7-15(8-10-16)6-3-4-13/h14H,2-3,5-11H2,1H3. The van der Waals surface area contributed by atoms with Gasteiger partial charge in [0.1, 0.15) is 0 Å². The number of nitrogens with one attached hydrogen (secondary N) is 1. The molecule has 0 bridgehead atoms. The highest BCUT2D eigenvalue weighted by Gasteiger charge is 2.19. The lowest BCUT2D eigenvalue weighted by Gasteiger charge is -2.34. The van der Waals surface area contributed by atoms with Gasteiger partial charge in [0.2, 0.25) is 5.91 Å². The minimum Gasteiger partial charge on any atom is -0.339 e. The Hall–Kier alpha value is -1.12. The predicted octanol–water partition coefficient (Wildman–Crippen LogP) is 0.0439. The summed E-state index contributed by atoms with van der Waals surface area (Å²) >= 11 is 0. The molecule has 1 N–H and O–H groups in total. The molecule has 0 unspecified atom stereocenters. The van der Waals surface area contributed by atoms with Gasteiger partial charge in [0.05, 0.1) is 12.6 Å². The molecule has 0 saturated carbocycles. The van der Waals surface area contributed by atoms with E-state index in [2.05, 4.69) is 23.2 Å². The maximum atomic E-state index is 11.8. The van der Waals surface area contributed by atoms with Gasteiger partial charge in [-0.2, -0.15) is 5.26 Å². The lowest BCUT2D eigenvalue weighted by Crippen LogP contribution is -2.50. The molecular formula is C12H22N4O. The highest BCUT2D eigenvalue weighted by Crippen LogP contribution is 2.02. The zero-order chi connectivity index (χ0) is 12.5. The summed E-state index contributed by atoms with van der Waals surface area (Å²) in [5, 5.41) is 11.6. The predicted molar refractivity (Wildman–Crippen MR) is 66.4 cm³/mol. The van der Waals surface area contributed by atoms with Gasteiger partial charge in [-0.05, 0) is 13.0 Å². The molecule has 1 aliphatic rings. The van der Waals surface area contributed by atoms with E-state index < -0.39 is 0 Å². The first-order valence-corrected chi connectivity index (χ1v) is 6.35. The van der Waals surface area contributed by atoms with Crippen LogP contribution in [0, 0.1) is 11.3 Å². The van der Waals surface area contributed by atoms with Crippen LogP contribution in [-0.2, 0) is 4.79 Å². The minimum absolute atomic E-state index is 0.193. The second-order valence-corrected chi connectivity index (χ2v) is 4.31. The molecule has 0 atom stereocenters. The van der Waals surface area contributed by atoms with Crippen LogP contribution in [0.3, 0.4) is 0 Å². The highest BCUT2D eigenvalue weighted by atomic mass is 16.2. The summed E-state index contributed by atoms with van der Waals surface area (Å²) in [5.41, 5.74) is 0. The quantitative estimate of drug-likeness (QED) is 0.664. The molecule has 1 fully saturated rings. The fourth-order valence-corrected chi connectivity index (χ4v) is 1.91. The Morgan fingerprint density at radius 1 is 1.35 bits per heavy atom. The maximum Gasteiger partial charge on any atom is 0.236 e. The third-order valence-electron chi connectivity index (χ3n) is 2.97. The van der Waals surface area contributed by atoms with Crippen molar-refractivity contribution in [2.45, 2.75) is 19.8 Å². The monoisotopic (exact) mass is 238 g/mol. The second-order valence-electron chi connectivity index (χ2n) is 4.31. The van der Waals surface area contributed by atoms with Crippen molar-refractivity contribution in [1.82, 2.24) is 15.1 Å². The molecule has 5 heteroatoms. The molecule has 1 heterocycles. The summed E-state index contributed by atoms with van der Waals surface area (Å²) < 4.78 is 0. The minimum atomic E-state index is 0.193. The molecule has 5 nitrogen and oxygen atoms in total. The van der Waals surface area contributed by atoms with E-state index in [0.717, 1.165) is 45.7 Å². The zero-order valence-corrected chi connectivity index (χ0v) is 10.6. The maximum absolute atomic E-state index is 11.8. The van der Waals surface area contributed by atoms with Crippen LogP contribution in [0.1, 0.15) is 19.8 Å². The molecule has 0 aromatic rings. The smallest absolute Gasteiger partial charge is 0.236 e. The van der Waals surface area contributed by atoms with Crippen molar-refractivity contribution in [3.05, 3.63) is 0 Å². The van der Waals surface area contributed by atoms with Gasteiger partial charge in [-0.15, -0.1) is 0 Å². The van der Waals surface area contributed by atoms with E-state index in [1.165, 1.54) is 0 Å². The Morgan fingerprint density at radius 2 is 2.06 bits per heavy atom. The van der Waals surface area contributed by atoms with Crippen LogP contribution in [0.4, 0.5) is 0 Å². The number of nitrogens with zero attached hydrogens (tertiary/aromatic N) is 3. The van der Waals surface area contributed by atoms with Crippen molar-refractivity contribution < 1.29 is 4.79 Å². The molecule has 0 spiro atoms. The van der Waals surface area contributed by atoms with Gasteiger partial charge in [-0.25, -0.2) is 0 Å². The van der Waals surface area contributed by atoms with Crippen molar-refractivity contribution in [2.75, 3.05) is 45.8 Å². The summed E-state index contributed by atoms with van der Waals surface area (Å²) in [4.78, 5) is 15.9. The van der Waals surface area contributed by atoms with Crippen molar-refractivity contribution in [2.24, 2.45) is 0 Å². The fraction of sp³-hybridized carbons (Fsp3) is 0.833. The number of rotatable bonds is 6. The van der Waals surface area contributed by atoms with Crippen LogP contribution in [0.2, 0.25) is 0 Å². The van der Waals surface area contributed by atoms with Gasteiger partial charge in [-0.1, -0.05) is 6.92 Å². The van der Waals surface area contributed by atoms with Crippen molar-refractivity contribution in [3.8, 4) is 6.07 Å². The largest absolute Gasteiger partial charge is 0.339 e. The number of amides is 1. The van der Waals surface area contributed by atoms with Crippen molar-refractivity contribution >= 4 is 5.91 Å². The van der Waals surface area contributed by atoms with E-state index in [-0.39, 0.29) is 5.91 Å². The molecule has 17 heavy (non-hydrogen) atoms. The Kier molecular flexibility index (Phi) is 6.60. The summed E-state index contributed by atoms with van der Waals surface area (Å²) in [6.45, 7) is 7.62. The Bertz CT molecular complexity index is 266. The van der Waals surface area contributed by atoms with Gasteiger partial charge < -0.3 is 10.2 Å². The first-order chi connectivity index (χ1) is 8.27. The lowest BCUT2D eigenvalue weighted by molar-refractivity contribution is -0.131. The number of carbonyl (C=O) groups is 1. The summed E-state index contributed by atoms with van der Waals surface area (Å²) in [6.07, 6.45) is 1.63. The summed E-state index contributed by atoms with van der Waals surface area (Å²) in [7, 11) is 0. The molecule has 1 aliphatic heterocycles. The average molecular weight is 238 g/mol. The van der Waals surface area contributed by atoms with Crippen LogP contribution < -0.4 is 5.32 Å². The van der Waals surface area contributed by atoms with E-state index in [9.17, 15) is 4.79 Å². The molecular weight excluding hydrogens is 216 g/mol. The molecule has 0 radical (unpaired) electrons. The van der Waals surface area contributed by atoms with E-state index in [1.807, 2.05) is 4.90 Å². The van der Waals surface area contributed by atoms with Gasteiger partial charge in [0, 0.05) is 39.1 Å². The van der Waals surface area contributed by atoms with Crippen LogP contribution in [0.5, 0.6) is 0 Å². The number of piperazine rings is 1. The van der Waals surface area contributed by atoms with Gasteiger partial charge >= 0.3 is 0 Å². The molecule has 0 aromatic carbocycles. The van der Waals surface area contributed by atoms with Gasteiger partial charge in [0.15, 0.2) is 0 Å². The molecule has 0 aromatic heterocycles. The van der Waals surface area contributed by atoms with E-state index in [1.54, 1.807) is 0 Å². The summed E-state index contributed by atoms with van der Waals surface area (Å²) in [6, 6.07) is 2.15. The lowest BCUT2D eigenvalue weighted by atomic mass is 10.3. The number of hydrogen-bond donors (Lipinski definition) is 1. The normalized spacial score (nSPS) is 16.8. The molecule has 1 saturated heterocycles. The topological polar surface area (TPSA) is 59.4 Å². The van der Waals surface area contributed by atoms with Crippen LogP contribution in [0.15, 0.2) is 0 Å². The summed E-state index contributed by atoms with van der Waals surface area (Å²) in [5.74, 6) is 0.193. The van der Waals surface area contributed by atoms with Crippen molar-refractivity contribution in [3.63, 3.8) is 0 Å².